The summed E-state index contributed by atoms with van der Waals surface area (Å²) in [5.41, 5.74) is 3.82. The first-order valence-corrected chi connectivity index (χ1v) is 11.7. The average Bonchev–Trinajstić information content (AvgIpc) is 2.69. The van der Waals surface area contributed by atoms with Crippen LogP contribution in [0.15, 0.2) is 39.3 Å². The van der Waals surface area contributed by atoms with Gasteiger partial charge in [0.25, 0.3) is 0 Å². The highest BCUT2D eigenvalue weighted by molar-refractivity contribution is 9.11. The second-order valence-electron chi connectivity index (χ2n) is 7.46. The van der Waals surface area contributed by atoms with Gasteiger partial charge in [-0.25, -0.2) is 9.59 Å². The summed E-state index contributed by atoms with van der Waals surface area (Å²) >= 11 is 7.19. The van der Waals surface area contributed by atoms with Crippen LogP contribution >= 0.6 is 31.9 Å². The third-order valence-electron chi connectivity index (χ3n) is 4.52. The Hall–Kier alpha value is -1.80. The van der Waals surface area contributed by atoms with Crippen LogP contribution in [-0.4, -0.2) is 38.4 Å². The molecule has 0 unspecified atom stereocenters. The van der Waals surface area contributed by atoms with E-state index >= 15 is 0 Å². The van der Waals surface area contributed by atoms with E-state index in [0.29, 0.717) is 17.6 Å². The number of esters is 1. The summed E-state index contributed by atoms with van der Waals surface area (Å²) in [6.07, 6.45) is 0.451. The summed E-state index contributed by atoms with van der Waals surface area (Å²) in [6.45, 7) is 14.7. The Bertz CT molecular complexity index is 795. The predicted molar refractivity (Wildman–Crippen MR) is 130 cm³/mol. The van der Waals surface area contributed by atoms with E-state index in [-0.39, 0.29) is 26.4 Å². The van der Waals surface area contributed by atoms with Gasteiger partial charge in [-0.1, -0.05) is 39.8 Å². The van der Waals surface area contributed by atoms with E-state index in [4.69, 9.17) is 14.2 Å². The van der Waals surface area contributed by atoms with Crippen LogP contribution in [-0.2, 0) is 14.3 Å². The molecule has 1 rings (SSSR count). The fourth-order valence-corrected chi connectivity index (χ4v) is 4.29. The smallest absolute Gasteiger partial charge is 0.407 e. The summed E-state index contributed by atoms with van der Waals surface area (Å²) in [7, 11) is 0. The van der Waals surface area contributed by atoms with Gasteiger partial charge in [0.05, 0.1) is 15.5 Å². The van der Waals surface area contributed by atoms with Gasteiger partial charge in [0.2, 0.25) is 0 Å². The molecule has 0 aliphatic rings. The maximum Gasteiger partial charge on any atom is 0.407 e. The molecule has 0 heterocycles. The molecule has 1 amide bonds. The van der Waals surface area contributed by atoms with E-state index in [1.165, 1.54) is 11.1 Å². The molecule has 0 radical (unpaired) electrons. The van der Waals surface area contributed by atoms with E-state index in [1.807, 2.05) is 0 Å². The maximum atomic E-state index is 11.6. The maximum absolute atomic E-state index is 11.6. The summed E-state index contributed by atoms with van der Waals surface area (Å²) in [4.78, 5) is 22.5. The minimum absolute atomic E-state index is 0.0474. The summed E-state index contributed by atoms with van der Waals surface area (Å²) in [5.74, 6) is 0.957. The summed E-state index contributed by atoms with van der Waals surface area (Å²) < 4.78 is 17.2. The minimum atomic E-state index is -0.609. The molecule has 0 bridgehead atoms. The normalized spacial score (nSPS) is 11.8. The number of halogens is 2. The van der Waals surface area contributed by atoms with Crippen LogP contribution < -0.4 is 10.1 Å². The molecule has 0 saturated carbocycles. The van der Waals surface area contributed by atoms with E-state index in [9.17, 15) is 9.59 Å². The van der Waals surface area contributed by atoms with E-state index in [2.05, 4.69) is 90.5 Å². The third-order valence-corrected chi connectivity index (χ3v) is 5.70. The van der Waals surface area contributed by atoms with Crippen LogP contribution in [0.1, 0.15) is 40.2 Å². The van der Waals surface area contributed by atoms with E-state index in [0.717, 1.165) is 20.6 Å². The van der Waals surface area contributed by atoms with Crippen LogP contribution in [0.3, 0.4) is 0 Å². The lowest BCUT2D eigenvalue weighted by Gasteiger charge is -2.21. The van der Waals surface area contributed by atoms with E-state index < -0.39 is 12.1 Å². The lowest BCUT2D eigenvalue weighted by atomic mass is 9.87. The second kappa shape index (κ2) is 13.6. The Labute approximate surface area is 201 Å². The Morgan fingerprint density at radius 1 is 1.03 bits per heavy atom. The number of carbonyl (C=O) groups excluding carboxylic acids is 2. The minimum Gasteiger partial charge on any atom is -0.488 e. The van der Waals surface area contributed by atoms with Crippen LogP contribution in [0.4, 0.5) is 4.79 Å². The molecule has 172 valence electrons. The van der Waals surface area contributed by atoms with Gasteiger partial charge in [0.1, 0.15) is 25.6 Å². The van der Waals surface area contributed by atoms with Crippen molar-refractivity contribution < 1.29 is 23.8 Å². The van der Waals surface area contributed by atoms with Crippen molar-refractivity contribution in [2.24, 2.45) is 11.8 Å². The Morgan fingerprint density at radius 3 is 2.16 bits per heavy atom. The van der Waals surface area contributed by atoms with Crippen LogP contribution in [0.5, 0.6) is 5.75 Å². The molecule has 0 spiro atoms. The molecule has 0 atom stereocenters. The SMILES string of the molecule is C=CC(=O)OCCNC(=O)OCCOc1c(Br)cc(/C(=C(/C)C(C)C)C(C)C)cc1Br. The fraction of sp³-hybridized carbons (Fsp3) is 0.478. The zero-order valence-corrected chi connectivity index (χ0v) is 21.9. The molecule has 31 heavy (non-hydrogen) atoms. The van der Waals surface area contributed by atoms with Crippen molar-refractivity contribution in [3.63, 3.8) is 0 Å². The van der Waals surface area contributed by atoms with Crippen LogP contribution in [0.25, 0.3) is 5.57 Å². The molecule has 0 aromatic heterocycles. The largest absolute Gasteiger partial charge is 0.488 e. The molecular formula is C23H31Br2NO5. The quantitative estimate of drug-likeness (QED) is 0.200. The molecule has 1 N–H and O–H groups in total. The first-order valence-electron chi connectivity index (χ1n) is 10.1. The summed E-state index contributed by atoms with van der Waals surface area (Å²) in [6, 6.07) is 4.11. The number of hydrogen-bond acceptors (Lipinski definition) is 5. The van der Waals surface area contributed by atoms with Gasteiger partial charge in [0, 0.05) is 6.08 Å². The number of amides is 1. The predicted octanol–water partition coefficient (Wildman–Crippen LogP) is 6.13. The molecule has 1 aromatic carbocycles. The van der Waals surface area contributed by atoms with Gasteiger partial charge in [-0.15, -0.1) is 0 Å². The molecular weight excluding hydrogens is 530 g/mol. The Kier molecular flexibility index (Phi) is 11.9. The molecule has 0 fully saturated rings. The second-order valence-corrected chi connectivity index (χ2v) is 9.17. The van der Waals surface area contributed by atoms with Gasteiger partial charge >= 0.3 is 12.1 Å². The fourth-order valence-electron chi connectivity index (χ4n) is 2.87. The Balaban J connectivity index is 2.64. The lowest BCUT2D eigenvalue weighted by Crippen LogP contribution is -2.29. The highest BCUT2D eigenvalue weighted by Gasteiger charge is 2.17. The summed E-state index contributed by atoms with van der Waals surface area (Å²) in [5, 5.41) is 2.48. The number of ether oxygens (including phenoxy) is 3. The number of alkyl carbamates (subject to hydrolysis) is 1. The molecule has 8 heteroatoms. The zero-order chi connectivity index (χ0) is 23.6. The average molecular weight is 561 g/mol. The number of hydrogen-bond donors (Lipinski definition) is 1. The molecule has 0 aliphatic carbocycles. The van der Waals surface area contributed by atoms with E-state index in [1.54, 1.807) is 0 Å². The highest BCUT2D eigenvalue weighted by atomic mass is 79.9. The van der Waals surface area contributed by atoms with Gasteiger partial charge in [-0.3, -0.25) is 0 Å². The standard InChI is InChI=1S/C23H31Br2NO5/c1-7-20(27)29-9-8-26-23(28)31-11-10-30-22-18(24)12-17(13-19(22)25)21(15(4)5)16(6)14(2)3/h7,12-15H,1,8-11H2,2-6H3,(H,26,28)/b21-16-. The molecule has 0 aliphatic heterocycles. The first kappa shape index (κ1) is 27.2. The number of rotatable bonds is 11. The molecule has 6 nitrogen and oxygen atoms in total. The van der Waals surface area contributed by atoms with Gasteiger partial charge < -0.3 is 19.5 Å². The Morgan fingerprint density at radius 2 is 1.65 bits per heavy atom. The topological polar surface area (TPSA) is 73.9 Å². The molecule has 0 saturated heterocycles. The number of benzene rings is 1. The number of nitrogens with one attached hydrogen (secondary N) is 1. The van der Waals surface area contributed by atoms with Crippen molar-refractivity contribution in [2.45, 2.75) is 34.6 Å². The van der Waals surface area contributed by atoms with Crippen molar-refractivity contribution in [2.75, 3.05) is 26.4 Å². The van der Waals surface area contributed by atoms with Crippen molar-refractivity contribution in [3.8, 4) is 5.75 Å². The number of allylic oxidation sites excluding steroid dienone is 2. The van der Waals surface area contributed by atoms with Crippen molar-refractivity contribution in [1.29, 1.82) is 0 Å². The van der Waals surface area contributed by atoms with Gasteiger partial charge in [0.15, 0.2) is 0 Å². The van der Waals surface area contributed by atoms with Crippen molar-refractivity contribution in [3.05, 3.63) is 44.9 Å². The first-order chi connectivity index (χ1) is 14.6. The van der Waals surface area contributed by atoms with Crippen molar-refractivity contribution in [1.82, 2.24) is 5.32 Å². The van der Waals surface area contributed by atoms with Crippen LogP contribution in [0.2, 0.25) is 0 Å². The molecule has 1 aromatic rings. The third kappa shape index (κ3) is 9.07. The van der Waals surface area contributed by atoms with Gasteiger partial charge in [-0.05, 0) is 73.9 Å². The van der Waals surface area contributed by atoms with Crippen LogP contribution in [0, 0.1) is 11.8 Å². The van der Waals surface area contributed by atoms with Crippen molar-refractivity contribution >= 4 is 49.5 Å². The zero-order valence-electron chi connectivity index (χ0n) is 18.7. The van der Waals surface area contributed by atoms with Gasteiger partial charge in [-0.2, -0.15) is 0 Å². The lowest BCUT2D eigenvalue weighted by molar-refractivity contribution is -0.137. The monoisotopic (exact) mass is 559 g/mol. The number of carbonyl (C=O) groups is 2. The highest BCUT2D eigenvalue weighted by Crippen LogP contribution is 2.39.